The number of ether oxygens (including phenoxy) is 1. The number of urea groups is 1. The highest BCUT2D eigenvalue weighted by Crippen LogP contribution is 2.41. The van der Waals surface area contributed by atoms with Crippen molar-refractivity contribution in [2.45, 2.75) is 44.7 Å². The molecule has 10 N–H and O–H groups in total. The molecular formula is C53H63N13O8. The molecule has 0 aliphatic carbocycles. The number of piperazine rings is 1. The predicted octanol–water partition coefficient (Wildman–Crippen LogP) is 4.76. The highest BCUT2D eigenvalue weighted by atomic mass is 16.6. The van der Waals surface area contributed by atoms with E-state index >= 15 is 0 Å². The molecule has 2 aliphatic heterocycles. The molecule has 0 bridgehead atoms. The topological polar surface area (TPSA) is 265 Å². The first-order chi connectivity index (χ1) is 35.7. The van der Waals surface area contributed by atoms with Crippen molar-refractivity contribution < 1.29 is 33.9 Å². The molecule has 2 aromatic heterocycles. The molecule has 4 heterocycles. The minimum absolute atomic E-state index is 0.0823. The largest absolute Gasteiger partial charge is 0.415 e. The lowest BCUT2D eigenvalue weighted by atomic mass is 10.0. The molecule has 2 aliphatic rings. The number of aromatic nitrogens is 3. The number of carbonyl (C=O) groups is 5. The highest BCUT2D eigenvalue weighted by Gasteiger charge is 2.31. The summed E-state index contributed by atoms with van der Waals surface area (Å²) < 4.78 is 7.25. The van der Waals surface area contributed by atoms with E-state index < -0.39 is 12.1 Å². The van der Waals surface area contributed by atoms with Crippen LogP contribution in [-0.4, -0.2) is 131 Å². The Hall–Kier alpha value is -8.56. The molecule has 4 aromatic carbocycles. The maximum atomic E-state index is 14.2. The molecule has 21 heteroatoms. The number of aromatic amines is 1. The molecular weight excluding hydrogens is 947 g/mol. The Balaban J connectivity index is 0.814. The van der Waals surface area contributed by atoms with Crippen molar-refractivity contribution in [2.24, 2.45) is 5.73 Å². The van der Waals surface area contributed by atoms with E-state index in [1.165, 1.54) is 16.9 Å². The molecule has 6 aromatic rings. The molecule has 0 unspecified atom stereocenters. The molecule has 21 nitrogen and oxygen atoms in total. The standard InChI is InChI=1S/C53H63N13O8/c1-34(8-7-23-65-49(68)19-25-66(65)73)55-21-22-56-43(11-6-20-57-52(54)71)35(2)58-33-48(67)59-38-14-12-36(13-15-38)50(69)60-39-16-17-44-37(30-39)31-45(61-44)51(70)64-24-18-41-40-9-4-5-10-42(40)47(32-46(41)64)74-53(72)63-28-26-62(3)27-29-63/h4-5,9-10,12-17,19,25,30-32,43,55-56,58,61,73H,1-2,6-8,11,18,20-24,26-29,33H2,3H3,(H,59,67)(H,60,69)(H3,54,57,71)/t43-/m0/s1. The number of hydrogen-bond acceptors (Lipinski definition) is 12. The first-order valence-electron chi connectivity index (χ1n) is 24.6. The molecule has 1 saturated heterocycles. The van der Waals surface area contributed by atoms with Gasteiger partial charge in [-0.25, -0.2) is 14.3 Å². The number of amides is 6. The van der Waals surface area contributed by atoms with Crippen LogP contribution in [0.2, 0.25) is 0 Å². The van der Waals surface area contributed by atoms with Crippen molar-refractivity contribution >= 4 is 68.6 Å². The number of allylic oxidation sites excluding steroid dienone is 1. The van der Waals surface area contributed by atoms with E-state index in [2.05, 4.69) is 54.9 Å². The van der Waals surface area contributed by atoms with Crippen LogP contribution in [0.3, 0.4) is 0 Å². The minimum Gasteiger partial charge on any atom is -0.413 e. The third kappa shape index (κ3) is 12.9. The van der Waals surface area contributed by atoms with Crippen molar-refractivity contribution in [3.8, 4) is 5.75 Å². The lowest BCUT2D eigenvalue weighted by molar-refractivity contribution is -0.115. The number of likely N-dealkylation sites (N-methyl/N-ethyl adjacent to an activating group) is 1. The van der Waals surface area contributed by atoms with Gasteiger partial charge in [0.15, 0.2) is 0 Å². The number of nitrogens with one attached hydrogen (secondary N) is 7. The van der Waals surface area contributed by atoms with Gasteiger partial charge in [0.1, 0.15) is 11.4 Å². The molecule has 74 heavy (non-hydrogen) atoms. The van der Waals surface area contributed by atoms with E-state index in [1.54, 1.807) is 64.4 Å². The zero-order chi connectivity index (χ0) is 52.3. The zero-order valence-electron chi connectivity index (χ0n) is 41.4. The number of carbonyl (C=O) groups excluding carboxylic acids is 5. The second-order valence-electron chi connectivity index (χ2n) is 18.4. The van der Waals surface area contributed by atoms with Crippen LogP contribution in [-0.2, 0) is 17.8 Å². The number of nitrogens with two attached hydrogens (primary N) is 1. The zero-order valence-corrected chi connectivity index (χ0v) is 41.4. The van der Waals surface area contributed by atoms with Crippen LogP contribution >= 0.6 is 0 Å². The van der Waals surface area contributed by atoms with Crippen LogP contribution in [0.5, 0.6) is 5.75 Å². The quantitative estimate of drug-likeness (QED) is 0.0330. The lowest BCUT2D eigenvalue weighted by Crippen LogP contribution is -2.48. The van der Waals surface area contributed by atoms with Crippen LogP contribution in [0.15, 0.2) is 120 Å². The summed E-state index contributed by atoms with van der Waals surface area (Å²) in [6.07, 6.45) is 3.89. The number of fused-ring (bicyclic) bond motifs is 4. The second-order valence-corrected chi connectivity index (χ2v) is 18.4. The maximum absolute atomic E-state index is 14.2. The number of nitrogens with zero attached hydrogens (tertiary/aromatic N) is 5. The van der Waals surface area contributed by atoms with E-state index in [-0.39, 0.29) is 35.9 Å². The van der Waals surface area contributed by atoms with Gasteiger partial charge in [0, 0.05) is 122 Å². The van der Waals surface area contributed by atoms with Gasteiger partial charge < -0.3 is 67.3 Å². The number of rotatable bonds is 22. The van der Waals surface area contributed by atoms with Crippen LogP contribution < -0.4 is 52.8 Å². The fourth-order valence-electron chi connectivity index (χ4n) is 9.12. The van der Waals surface area contributed by atoms with Gasteiger partial charge in [0.25, 0.3) is 17.4 Å². The minimum atomic E-state index is -0.616. The fraction of sp³-hybridized carbons (Fsp3) is 0.321. The summed E-state index contributed by atoms with van der Waals surface area (Å²) in [6.45, 7) is 13.0. The van der Waals surface area contributed by atoms with E-state index in [4.69, 9.17) is 10.5 Å². The third-order valence-corrected chi connectivity index (χ3v) is 13.2. The van der Waals surface area contributed by atoms with Crippen molar-refractivity contribution in [3.63, 3.8) is 0 Å². The Morgan fingerprint density at radius 1 is 0.824 bits per heavy atom. The Morgan fingerprint density at radius 3 is 2.32 bits per heavy atom. The molecule has 6 amide bonds. The van der Waals surface area contributed by atoms with Crippen molar-refractivity contribution in [1.82, 2.24) is 45.6 Å². The average Bonchev–Trinajstić information content (AvgIpc) is 4.12. The summed E-state index contributed by atoms with van der Waals surface area (Å²) in [5, 5.41) is 30.3. The van der Waals surface area contributed by atoms with E-state index in [0.29, 0.717) is 123 Å². The number of benzene rings is 4. The first-order valence-corrected chi connectivity index (χ1v) is 24.6. The van der Waals surface area contributed by atoms with Gasteiger partial charge in [-0.05, 0) is 98.6 Å². The Morgan fingerprint density at radius 2 is 1.58 bits per heavy atom. The van der Waals surface area contributed by atoms with E-state index in [0.717, 1.165) is 45.4 Å². The van der Waals surface area contributed by atoms with Crippen molar-refractivity contribution in [3.05, 3.63) is 143 Å². The third-order valence-electron chi connectivity index (χ3n) is 13.2. The van der Waals surface area contributed by atoms with E-state index in [9.17, 15) is 34.0 Å². The van der Waals surface area contributed by atoms with Gasteiger partial charge in [-0.1, -0.05) is 37.4 Å². The Bertz CT molecular complexity index is 3120. The normalized spacial score (nSPS) is 13.8. The van der Waals surface area contributed by atoms with Crippen LogP contribution in [0.25, 0.3) is 21.7 Å². The number of anilines is 3. The fourth-order valence-corrected chi connectivity index (χ4v) is 9.12. The lowest BCUT2D eigenvalue weighted by Gasteiger charge is -2.31. The summed E-state index contributed by atoms with van der Waals surface area (Å²) in [4.78, 5) is 86.5. The summed E-state index contributed by atoms with van der Waals surface area (Å²) in [5.41, 5.74) is 10.5. The maximum Gasteiger partial charge on any atom is 0.415 e. The van der Waals surface area contributed by atoms with Gasteiger partial charge in [0.05, 0.1) is 18.4 Å². The molecule has 1 fully saturated rings. The molecule has 0 radical (unpaired) electrons. The van der Waals surface area contributed by atoms with Gasteiger partial charge in [-0.2, -0.15) is 0 Å². The Kier molecular flexibility index (Phi) is 16.6. The first kappa shape index (κ1) is 51.8. The smallest absolute Gasteiger partial charge is 0.413 e. The summed E-state index contributed by atoms with van der Waals surface area (Å²) in [6, 6.07) is 23.6. The number of H-pyrrole nitrogens is 1. The van der Waals surface area contributed by atoms with Gasteiger partial charge in [-0.15, -0.1) is 4.85 Å². The average molecular weight is 1010 g/mol. The second kappa shape index (κ2) is 23.8. The summed E-state index contributed by atoms with van der Waals surface area (Å²) in [7, 11) is 2.02. The monoisotopic (exact) mass is 1010 g/mol. The Labute approximate surface area is 427 Å². The van der Waals surface area contributed by atoms with Gasteiger partial charge >= 0.3 is 12.1 Å². The SMILES string of the molecule is C=C(CCCn1c(=O)ccn1O)NCCN[C@@H](CCCNC(N)=O)C(=C)NCC(=O)Nc1ccc(C(=O)Nc2ccc3[nH]c(C(=O)N4CCc5c4cc(OC(=O)N4CCN(C)CC4)c4ccccc54)cc3c2)cc1. The summed E-state index contributed by atoms with van der Waals surface area (Å²) in [5.74, 6) is -0.527. The van der Waals surface area contributed by atoms with E-state index in [1.807, 2.05) is 31.3 Å². The van der Waals surface area contributed by atoms with Crippen molar-refractivity contribution in [2.75, 3.05) is 81.5 Å². The summed E-state index contributed by atoms with van der Waals surface area (Å²) >= 11 is 0. The highest BCUT2D eigenvalue weighted by molar-refractivity contribution is 6.12. The van der Waals surface area contributed by atoms with Crippen LogP contribution in [0.1, 0.15) is 52.1 Å². The predicted molar refractivity (Wildman–Crippen MR) is 284 cm³/mol. The molecule has 1 atom stereocenters. The van der Waals surface area contributed by atoms with Crippen molar-refractivity contribution in [1.29, 1.82) is 0 Å². The van der Waals surface area contributed by atoms with Gasteiger partial charge in [0.2, 0.25) is 5.91 Å². The molecule has 0 saturated carbocycles. The molecule has 8 rings (SSSR count). The molecule has 388 valence electrons. The van der Waals surface area contributed by atoms with Gasteiger partial charge in [-0.3, -0.25) is 19.2 Å². The van der Waals surface area contributed by atoms with Crippen LogP contribution in [0.4, 0.5) is 26.7 Å². The number of primary amides is 1. The number of hydrogen-bond donors (Lipinski definition) is 9. The molecule has 0 spiro atoms. The van der Waals surface area contributed by atoms with Crippen LogP contribution in [0, 0.1) is 0 Å².